The third kappa shape index (κ3) is 3.60. The number of hydrogen-bond donors (Lipinski definition) is 0. The van der Waals surface area contributed by atoms with Crippen molar-refractivity contribution in [2.75, 3.05) is 36.0 Å². The van der Waals surface area contributed by atoms with E-state index in [4.69, 9.17) is 0 Å². The lowest BCUT2D eigenvalue weighted by Crippen LogP contribution is -2.47. The first-order valence-corrected chi connectivity index (χ1v) is 9.17. The Bertz CT molecular complexity index is 936. The minimum absolute atomic E-state index is 0.801. The van der Waals surface area contributed by atoms with Crippen LogP contribution in [0, 0.1) is 27.7 Å². The third-order valence-corrected chi connectivity index (χ3v) is 4.74. The average Bonchev–Trinajstić information content (AvgIpc) is 2.99. The molecule has 0 aromatic carbocycles. The highest BCUT2D eigenvalue weighted by molar-refractivity contribution is 5.47. The Hall–Kier alpha value is -3.03. The molecule has 8 heteroatoms. The highest BCUT2D eigenvalue weighted by atomic mass is 15.3. The fraction of sp³-hybridized carbons (Fsp3) is 0.421. The molecule has 1 aliphatic heterocycles. The van der Waals surface area contributed by atoms with Crippen molar-refractivity contribution in [3.8, 4) is 5.82 Å². The zero-order valence-corrected chi connectivity index (χ0v) is 16.2. The van der Waals surface area contributed by atoms with Crippen LogP contribution in [0.15, 0.2) is 24.5 Å². The van der Waals surface area contributed by atoms with Crippen LogP contribution in [-0.2, 0) is 0 Å². The first-order valence-electron chi connectivity index (χ1n) is 9.17. The van der Waals surface area contributed by atoms with Gasteiger partial charge in [0.05, 0.1) is 5.69 Å². The van der Waals surface area contributed by atoms with Gasteiger partial charge in [-0.15, -0.1) is 0 Å². The number of hydrogen-bond acceptors (Lipinski definition) is 7. The molecule has 3 aromatic rings. The van der Waals surface area contributed by atoms with Crippen LogP contribution in [0.3, 0.4) is 0 Å². The lowest BCUT2D eigenvalue weighted by Gasteiger charge is -2.36. The topological polar surface area (TPSA) is 75.9 Å². The predicted molar refractivity (Wildman–Crippen MR) is 105 cm³/mol. The van der Waals surface area contributed by atoms with Crippen LogP contribution < -0.4 is 9.80 Å². The third-order valence-electron chi connectivity index (χ3n) is 4.74. The van der Waals surface area contributed by atoms with E-state index in [9.17, 15) is 0 Å². The maximum Gasteiger partial charge on any atom is 0.159 e. The zero-order valence-electron chi connectivity index (χ0n) is 16.2. The molecule has 27 heavy (non-hydrogen) atoms. The standard InChI is InChI=1S/C19H24N8/c1-13-10-19(23-16(4)22-13)26-7-5-25(6-8-26)17-11-18(21-12-20-17)27-15(3)9-14(2)24-27/h9-12H,5-8H2,1-4H3. The SMILES string of the molecule is Cc1cc(N2CCN(c3cc(-n4nc(C)cc4C)ncn3)CC2)nc(C)n1. The van der Waals surface area contributed by atoms with Gasteiger partial charge in [-0.1, -0.05) is 0 Å². The average molecular weight is 364 g/mol. The van der Waals surface area contributed by atoms with Crippen LogP contribution >= 0.6 is 0 Å². The van der Waals surface area contributed by atoms with Crippen molar-refractivity contribution in [1.29, 1.82) is 0 Å². The summed E-state index contributed by atoms with van der Waals surface area (Å²) in [5, 5.41) is 4.52. The molecule has 4 rings (SSSR count). The van der Waals surface area contributed by atoms with Crippen molar-refractivity contribution in [2.24, 2.45) is 0 Å². The Balaban J connectivity index is 1.50. The van der Waals surface area contributed by atoms with Gasteiger partial charge in [-0.3, -0.25) is 0 Å². The van der Waals surface area contributed by atoms with Crippen LogP contribution in [0.5, 0.6) is 0 Å². The summed E-state index contributed by atoms with van der Waals surface area (Å²) in [5.41, 5.74) is 3.05. The van der Waals surface area contributed by atoms with Gasteiger partial charge in [-0.05, 0) is 33.8 Å². The molecular weight excluding hydrogens is 340 g/mol. The summed E-state index contributed by atoms with van der Waals surface area (Å²) in [7, 11) is 0. The second-order valence-electron chi connectivity index (χ2n) is 6.96. The van der Waals surface area contributed by atoms with E-state index in [1.54, 1.807) is 6.33 Å². The lowest BCUT2D eigenvalue weighted by atomic mass is 10.3. The minimum atomic E-state index is 0.801. The largest absolute Gasteiger partial charge is 0.353 e. The van der Waals surface area contributed by atoms with E-state index in [1.807, 2.05) is 50.6 Å². The van der Waals surface area contributed by atoms with Gasteiger partial charge in [0.2, 0.25) is 0 Å². The van der Waals surface area contributed by atoms with Crippen molar-refractivity contribution in [3.63, 3.8) is 0 Å². The van der Waals surface area contributed by atoms with Gasteiger partial charge in [-0.2, -0.15) is 5.10 Å². The molecule has 0 aliphatic carbocycles. The van der Waals surface area contributed by atoms with Crippen LogP contribution in [0.2, 0.25) is 0 Å². The maximum absolute atomic E-state index is 4.58. The number of rotatable bonds is 3. The summed E-state index contributed by atoms with van der Waals surface area (Å²) < 4.78 is 1.86. The summed E-state index contributed by atoms with van der Waals surface area (Å²) >= 11 is 0. The van der Waals surface area contributed by atoms with Gasteiger partial charge in [0.1, 0.15) is 23.8 Å². The van der Waals surface area contributed by atoms with E-state index < -0.39 is 0 Å². The zero-order chi connectivity index (χ0) is 19.0. The van der Waals surface area contributed by atoms with Gasteiger partial charge in [0.25, 0.3) is 0 Å². The first-order chi connectivity index (χ1) is 13.0. The molecule has 140 valence electrons. The molecule has 8 nitrogen and oxygen atoms in total. The van der Waals surface area contributed by atoms with Crippen LogP contribution in [0.4, 0.5) is 11.6 Å². The van der Waals surface area contributed by atoms with E-state index in [1.165, 1.54) is 0 Å². The Morgan fingerprint density at radius 1 is 0.704 bits per heavy atom. The van der Waals surface area contributed by atoms with Crippen LogP contribution in [0.1, 0.15) is 22.9 Å². The molecule has 1 aliphatic rings. The quantitative estimate of drug-likeness (QED) is 0.704. The van der Waals surface area contributed by atoms with Crippen molar-refractivity contribution < 1.29 is 0 Å². The molecule has 3 aromatic heterocycles. The molecule has 0 bridgehead atoms. The van der Waals surface area contributed by atoms with Gasteiger partial charge < -0.3 is 9.80 Å². The molecule has 0 spiro atoms. The Labute approximate surface area is 158 Å². The monoisotopic (exact) mass is 364 g/mol. The highest BCUT2D eigenvalue weighted by Crippen LogP contribution is 2.20. The second kappa shape index (κ2) is 6.94. The first kappa shape index (κ1) is 17.4. The van der Waals surface area contributed by atoms with E-state index in [-0.39, 0.29) is 0 Å². The van der Waals surface area contributed by atoms with Crippen molar-refractivity contribution in [2.45, 2.75) is 27.7 Å². The van der Waals surface area contributed by atoms with Crippen LogP contribution in [-0.4, -0.2) is 55.9 Å². The van der Waals surface area contributed by atoms with E-state index in [0.717, 1.165) is 66.5 Å². The van der Waals surface area contributed by atoms with Gasteiger partial charge in [0, 0.05) is 49.7 Å². The predicted octanol–water partition coefficient (Wildman–Crippen LogP) is 2.01. The molecule has 0 unspecified atom stereocenters. The van der Waals surface area contributed by atoms with E-state index >= 15 is 0 Å². The van der Waals surface area contributed by atoms with Gasteiger partial charge >= 0.3 is 0 Å². The normalized spacial score (nSPS) is 14.7. The Morgan fingerprint density at radius 3 is 2.00 bits per heavy atom. The fourth-order valence-corrected chi connectivity index (χ4v) is 3.51. The Kier molecular flexibility index (Phi) is 4.47. The fourth-order valence-electron chi connectivity index (χ4n) is 3.51. The summed E-state index contributed by atoms with van der Waals surface area (Å²) in [5.74, 6) is 3.56. The number of aryl methyl sites for hydroxylation is 4. The molecule has 0 amide bonds. The molecule has 1 fully saturated rings. The molecule has 1 saturated heterocycles. The molecular formula is C19H24N8. The second-order valence-corrected chi connectivity index (χ2v) is 6.96. The summed E-state index contributed by atoms with van der Waals surface area (Å²) in [4.78, 5) is 22.4. The number of piperazine rings is 1. The summed E-state index contributed by atoms with van der Waals surface area (Å²) in [6.07, 6.45) is 1.62. The molecule has 4 heterocycles. The highest BCUT2D eigenvalue weighted by Gasteiger charge is 2.20. The Morgan fingerprint density at radius 2 is 1.37 bits per heavy atom. The van der Waals surface area contributed by atoms with Crippen molar-refractivity contribution in [3.05, 3.63) is 47.4 Å². The van der Waals surface area contributed by atoms with Gasteiger partial charge in [0.15, 0.2) is 5.82 Å². The lowest BCUT2D eigenvalue weighted by molar-refractivity contribution is 0.638. The van der Waals surface area contributed by atoms with Gasteiger partial charge in [-0.25, -0.2) is 24.6 Å². The smallest absolute Gasteiger partial charge is 0.159 e. The van der Waals surface area contributed by atoms with E-state index in [0.29, 0.717) is 0 Å². The number of aromatic nitrogens is 6. The minimum Gasteiger partial charge on any atom is -0.353 e. The molecule has 0 radical (unpaired) electrons. The van der Waals surface area contributed by atoms with E-state index in [2.05, 4.69) is 34.8 Å². The maximum atomic E-state index is 4.58. The summed E-state index contributed by atoms with van der Waals surface area (Å²) in [6, 6.07) is 6.11. The summed E-state index contributed by atoms with van der Waals surface area (Å²) in [6.45, 7) is 11.5. The van der Waals surface area contributed by atoms with Crippen LogP contribution in [0.25, 0.3) is 5.82 Å². The molecule has 0 saturated carbocycles. The molecule has 0 atom stereocenters. The van der Waals surface area contributed by atoms with Crippen molar-refractivity contribution >= 4 is 11.6 Å². The van der Waals surface area contributed by atoms with Crippen molar-refractivity contribution in [1.82, 2.24) is 29.7 Å². The number of nitrogens with zero attached hydrogens (tertiary/aromatic N) is 8. The number of anilines is 2. The molecule has 0 N–H and O–H groups in total.